The molecular formula is C33H49N5O6. The number of hydrogen-bond acceptors (Lipinski definition) is 8. The van der Waals surface area contributed by atoms with E-state index in [-0.39, 0.29) is 24.9 Å². The summed E-state index contributed by atoms with van der Waals surface area (Å²) in [5, 5.41) is 9.07. The maximum Gasteiger partial charge on any atom is 0.410 e. The Hall–Kier alpha value is -3.47. The molecule has 0 bridgehead atoms. The Labute approximate surface area is 261 Å². The summed E-state index contributed by atoms with van der Waals surface area (Å²) in [6.07, 6.45) is 5.20. The van der Waals surface area contributed by atoms with Crippen molar-refractivity contribution in [2.24, 2.45) is 11.8 Å². The van der Waals surface area contributed by atoms with Crippen molar-refractivity contribution >= 4 is 18.0 Å². The first-order valence-electron chi connectivity index (χ1n) is 15.8. The topological polar surface area (TPSA) is 116 Å². The van der Waals surface area contributed by atoms with Crippen molar-refractivity contribution < 1.29 is 28.6 Å². The molecule has 0 radical (unpaired) electrons. The molecule has 1 aromatic heterocycles. The molecule has 2 amide bonds. The molecule has 0 N–H and O–H groups in total. The van der Waals surface area contributed by atoms with E-state index in [1.165, 1.54) is 23.1 Å². The highest BCUT2D eigenvalue weighted by atomic mass is 16.6. The number of carbonyl (C=O) groups excluding carboxylic acids is 3. The van der Waals surface area contributed by atoms with Gasteiger partial charge >= 0.3 is 12.1 Å². The summed E-state index contributed by atoms with van der Waals surface area (Å²) in [7, 11) is 3.03. The Bertz CT molecular complexity index is 1320. The fraction of sp³-hybridized carbons (Fsp3) is 0.667. The van der Waals surface area contributed by atoms with E-state index in [1.807, 2.05) is 24.6 Å². The largest absolute Gasteiger partial charge is 0.469 e. The molecule has 4 rings (SSSR count). The van der Waals surface area contributed by atoms with Crippen molar-refractivity contribution in [2.75, 3.05) is 40.5 Å². The first-order chi connectivity index (χ1) is 20.9. The van der Waals surface area contributed by atoms with Gasteiger partial charge in [-0.3, -0.25) is 9.59 Å². The Balaban J connectivity index is 1.72. The summed E-state index contributed by atoms with van der Waals surface area (Å²) >= 11 is 0. The summed E-state index contributed by atoms with van der Waals surface area (Å²) in [4.78, 5) is 43.8. The second-order valence-electron chi connectivity index (χ2n) is 13.4. The smallest absolute Gasteiger partial charge is 0.410 e. The van der Waals surface area contributed by atoms with E-state index in [0.29, 0.717) is 31.7 Å². The molecule has 1 aliphatic carbocycles. The van der Waals surface area contributed by atoms with Crippen molar-refractivity contribution in [2.45, 2.75) is 91.2 Å². The summed E-state index contributed by atoms with van der Waals surface area (Å²) in [6.45, 7) is 11.0. The summed E-state index contributed by atoms with van der Waals surface area (Å²) in [6, 6.07) is 5.82. The van der Waals surface area contributed by atoms with Gasteiger partial charge in [0.05, 0.1) is 30.5 Å². The fourth-order valence-electron chi connectivity index (χ4n) is 6.26. The van der Waals surface area contributed by atoms with Crippen LogP contribution in [0.25, 0.3) is 5.69 Å². The van der Waals surface area contributed by atoms with Crippen LogP contribution in [0, 0.1) is 11.8 Å². The number of aryl methyl sites for hydroxylation is 1. The number of piperidine rings is 1. The van der Waals surface area contributed by atoms with Gasteiger partial charge < -0.3 is 24.0 Å². The minimum absolute atomic E-state index is 0.130. The van der Waals surface area contributed by atoms with E-state index in [0.717, 1.165) is 43.5 Å². The molecule has 2 aromatic rings. The lowest BCUT2D eigenvalue weighted by Gasteiger charge is -2.42. The molecule has 1 saturated heterocycles. The van der Waals surface area contributed by atoms with Gasteiger partial charge in [0.1, 0.15) is 5.60 Å². The van der Waals surface area contributed by atoms with Crippen molar-refractivity contribution in [1.82, 2.24) is 24.8 Å². The van der Waals surface area contributed by atoms with Gasteiger partial charge in [-0.1, -0.05) is 31.2 Å². The molecular weight excluding hydrogens is 562 g/mol. The molecule has 11 nitrogen and oxygen atoms in total. The fourth-order valence-corrected chi connectivity index (χ4v) is 6.26. The van der Waals surface area contributed by atoms with Crippen LogP contribution in [0.15, 0.2) is 18.2 Å². The highest BCUT2D eigenvalue weighted by Crippen LogP contribution is 2.31. The van der Waals surface area contributed by atoms with Gasteiger partial charge in [0.25, 0.3) is 5.91 Å². The zero-order valence-corrected chi connectivity index (χ0v) is 27.4. The number of benzene rings is 1. The number of unbranched alkanes of at least 4 members (excludes halogenated alkanes) is 1. The lowest BCUT2D eigenvalue weighted by atomic mass is 9.92. The molecule has 0 spiro atoms. The second-order valence-corrected chi connectivity index (χ2v) is 13.4. The zero-order valence-electron chi connectivity index (χ0n) is 27.4. The van der Waals surface area contributed by atoms with Crippen LogP contribution in [0.3, 0.4) is 0 Å². The van der Waals surface area contributed by atoms with E-state index >= 15 is 0 Å². The third kappa shape index (κ3) is 7.97. The Kier molecular flexibility index (Phi) is 11.0. The van der Waals surface area contributed by atoms with Crippen molar-refractivity contribution in [3.05, 3.63) is 40.7 Å². The van der Waals surface area contributed by atoms with Crippen LogP contribution in [-0.4, -0.2) is 94.9 Å². The molecule has 0 saturated carbocycles. The average molecular weight is 612 g/mol. The summed E-state index contributed by atoms with van der Waals surface area (Å²) in [5.74, 6) is -1.13. The lowest BCUT2D eigenvalue weighted by Crippen LogP contribution is -2.57. The maximum absolute atomic E-state index is 14.6. The Morgan fingerprint density at radius 3 is 2.55 bits per heavy atom. The molecule has 242 valence electrons. The van der Waals surface area contributed by atoms with Crippen LogP contribution in [0.5, 0.6) is 0 Å². The van der Waals surface area contributed by atoms with Crippen LogP contribution in [0.4, 0.5) is 4.79 Å². The summed E-state index contributed by atoms with van der Waals surface area (Å²) in [5.41, 5.74) is 3.92. The van der Waals surface area contributed by atoms with E-state index in [1.54, 1.807) is 32.8 Å². The minimum atomic E-state index is -0.702. The van der Waals surface area contributed by atoms with Gasteiger partial charge in [0.2, 0.25) is 0 Å². The van der Waals surface area contributed by atoms with E-state index in [4.69, 9.17) is 14.2 Å². The number of amides is 2. The molecule has 2 atom stereocenters. The van der Waals surface area contributed by atoms with E-state index in [9.17, 15) is 14.4 Å². The highest BCUT2D eigenvalue weighted by Gasteiger charge is 2.41. The average Bonchev–Trinajstić information content (AvgIpc) is 3.63. The standard InChI is InChI=1S/C33H49N5O6/c1-22(2)19-37(25-18-24(31(40)43-7)20-36(21-25)32(41)44-33(3,4)5)30(39)29-28(15-8-9-17-42-6)38(35-34-29)27-16-11-13-23-12-10-14-26(23)27/h11,13,16,22,24-25H,8-10,12,14-15,17-21H2,1-7H3/t24-,25+/m1/s1. The maximum atomic E-state index is 14.6. The van der Waals surface area contributed by atoms with Crippen molar-refractivity contribution in [3.8, 4) is 5.69 Å². The van der Waals surface area contributed by atoms with Crippen LogP contribution in [0.2, 0.25) is 0 Å². The molecule has 0 unspecified atom stereocenters. The number of ether oxygens (including phenoxy) is 3. The molecule has 2 aliphatic rings. The predicted molar refractivity (Wildman–Crippen MR) is 166 cm³/mol. The molecule has 1 aromatic carbocycles. The number of fused-ring (bicyclic) bond motifs is 1. The molecule has 44 heavy (non-hydrogen) atoms. The van der Waals surface area contributed by atoms with Gasteiger partial charge in [0.15, 0.2) is 5.69 Å². The number of nitrogens with zero attached hydrogens (tertiary/aromatic N) is 5. The number of hydrogen-bond donors (Lipinski definition) is 0. The monoisotopic (exact) mass is 611 g/mol. The normalized spacial score (nSPS) is 18.3. The molecule has 11 heteroatoms. The molecule has 2 heterocycles. The predicted octanol–water partition coefficient (Wildman–Crippen LogP) is 4.62. The van der Waals surface area contributed by atoms with E-state index < -0.39 is 29.6 Å². The van der Waals surface area contributed by atoms with Crippen molar-refractivity contribution in [1.29, 1.82) is 0 Å². The summed E-state index contributed by atoms with van der Waals surface area (Å²) < 4.78 is 17.9. The SMILES string of the molecule is COCCCCc1c(C(=O)N(CC(C)C)[C@H]2C[C@@H](C(=O)OC)CN(C(=O)OC(C)(C)C)C2)nnn1-c1cccc2c1CCC2. The highest BCUT2D eigenvalue weighted by molar-refractivity contribution is 5.94. The number of rotatable bonds is 11. The number of likely N-dealkylation sites (tertiary alicyclic amines) is 1. The third-order valence-electron chi connectivity index (χ3n) is 8.21. The third-order valence-corrected chi connectivity index (χ3v) is 8.21. The molecule has 1 fully saturated rings. The Morgan fingerprint density at radius 2 is 1.86 bits per heavy atom. The number of carbonyl (C=O) groups is 3. The lowest BCUT2D eigenvalue weighted by molar-refractivity contribution is -0.148. The van der Waals surface area contributed by atoms with Gasteiger partial charge in [0, 0.05) is 33.4 Å². The van der Waals surface area contributed by atoms with Crippen LogP contribution >= 0.6 is 0 Å². The zero-order chi connectivity index (χ0) is 32.0. The van der Waals surface area contributed by atoms with Crippen LogP contribution in [-0.2, 0) is 38.3 Å². The number of esters is 1. The number of methoxy groups -OCH3 is 2. The Morgan fingerprint density at radius 1 is 1.09 bits per heavy atom. The van der Waals surface area contributed by atoms with Crippen LogP contribution < -0.4 is 0 Å². The van der Waals surface area contributed by atoms with Crippen LogP contribution in [0.1, 0.15) is 87.6 Å². The second kappa shape index (κ2) is 14.5. The van der Waals surface area contributed by atoms with Gasteiger partial charge in [-0.2, -0.15) is 0 Å². The van der Waals surface area contributed by atoms with E-state index in [2.05, 4.69) is 22.4 Å². The van der Waals surface area contributed by atoms with Gasteiger partial charge in [-0.25, -0.2) is 9.48 Å². The number of aromatic nitrogens is 3. The first-order valence-corrected chi connectivity index (χ1v) is 15.8. The minimum Gasteiger partial charge on any atom is -0.469 e. The van der Waals surface area contributed by atoms with Gasteiger partial charge in [-0.15, -0.1) is 5.10 Å². The van der Waals surface area contributed by atoms with Crippen molar-refractivity contribution in [3.63, 3.8) is 0 Å². The van der Waals surface area contributed by atoms with Gasteiger partial charge in [-0.05, 0) is 88.8 Å². The quantitative estimate of drug-likeness (QED) is 0.267. The first kappa shape index (κ1) is 33.4. The molecule has 1 aliphatic heterocycles.